The third kappa shape index (κ3) is 4.63. The summed E-state index contributed by atoms with van der Waals surface area (Å²) in [7, 11) is 0. The molecule has 0 aliphatic heterocycles. The minimum absolute atomic E-state index is 0.410. The molecule has 0 spiro atoms. The third-order valence-corrected chi connectivity index (χ3v) is 2.02. The molecule has 0 bridgehead atoms. The van der Waals surface area contributed by atoms with Crippen molar-refractivity contribution in [2.75, 3.05) is 13.1 Å². The number of halogens is 3. The number of aliphatic hydroxyl groups excluding tert-OH is 1. The van der Waals surface area contributed by atoms with Crippen molar-refractivity contribution >= 4 is 0 Å². The van der Waals surface area contributed by atoms with Gasteiger partial charge in [-0.15, -0.1) is 0 Å². The maximum absolute atomic E-state index is 11.9. The number of nitrogens with one attached hydrogen (secondary N) is 1. The standard InChI is InChI=1S/C9H14F3N3O/c10-9(11,12)8(16)7-13-3-1-5-15-6-2-4-14-15/h2,4,6,8,13,16H,1,3,5,7H2. The fourth-order valence-electron chi connectivity index (χ4n) is 1.15. The first-order valence-electron chi connectivity index (χ1n) is 4.93. The molecule has 0 radical (unpaired) electrons. The summed E-state index contributed by atoms with van der Waals surface area (Å²) in [6.07, 6.45) is -2.76. The van der Waals surface area contributed by atoms with Crippen LogP contribution < -0.4 is 5.32 Å². The average molecular weight is 237 g/mol. The van der Waals surface area contributed by atoms with Gasteiger partial charge >= 0.3 is 6.18 Å². The number of hydrogen-bond acceptors (Lipinski definition) is 3. The first-order valence-corrected chi connectivity index (χ1v) is 4.93. The van der Waals surface area contributed by atoms with Crippen molar-refractivity contribution < 1.29 is 18.3 Å². The summed E-state index contributed by atoms with van der Waals surface area (Å²) in [4.78, 5) is 0. The van der Waals surface area contributed by atoms with E-state index in [0.29, 0.717) is 19.5 Å². The Labute approximate surface area is 91.1 Å². The molecular formula is C9H14F3N3O. The molecule has 0 amide bonds. The lowest BCUT2D eigenvalue weighted by molar-refractivity contribution is -0.201. The Morgan fingerprint density at radius 3 is 2.75 bits per heavy atom. The van der Waals surface area contributed by atoms with Crippen LogP contribution in [0.4, 0.5) is 13.2 Å². The fraction of sp³-hybridized carbons (Fsp3) is 0.667. The van der Waals surface area contributed by atoms with Gasteiger partial charge in [0.2, 0.25) is 0 Å². The Bertz CT molecular complexity index is 287. The monoisotopic (exact) mass is 237 g/mol. The first-order chi connectivity index (χ1) is 7.50. The van der Waals surface area contributed by atoms with E-state index in [0.717, 1.165) is 0 Å². The lowest BCUT2D eigenvalue weighted by Crippen LogP contribution is -2.38. The molecule has 0 saturated carbocycles. The maximum Gasteiger partial charge on any atom is 0.415 e. The first kappa shape index (κ1) is 13.0. The molecule has 0 fully saturated rings. The molecule has 1 aromatic heterocycles. The molecule has 0 aliphatic rings. The van der Waals surface area contributed by atoms with Crippen molar-refractivity contribution in [2.24, 2.45) is 0 Å². The van der Waals surface area contributed by atoms with Gasteiger partial charge in [-0.25, -0.2) is 0 Å². The van der Waals surface area contributed by atoms with Crippen LogP contribution >= 0.6 is 0 Å². The Balaban J connectivity index is 2.04. The Morgan fingerprint density at radius 2 is 2.19 bits per heavy atom. The van der Waals surface area contributed by atoms with Crippen molar-refractivity contribution in [3.63, 3.8) is 0 Å². The second-order valence-electron chi connectivity index (χ2n) is 3.38. The summed E-state index contributed by atoms with van der Waals surface area (Å²) in [6, 6.07) is 1.78. The van der Waals surface area contributed by atoms with E-state index in [1.807, 2.05) is 0 Å². The summed E-state index contributed by atoms with van der Waals surface area (Å²) in [5.74, 6) is 0. The molecule has 92 valence electrons. The van der Waals surface area contributed by atoms with E-state index >= 15 is 0 Å². The number of hydrogen-bond donors (Lipinski definition) is 2. The SMILES string of the molecule is OC(CNCCCn1cccn1)C(F)(F)F. The van der Waals surface area contributed by atoms with Gasteiger partial charge < -0.3 is 10.4 Å². The number of rotatable bonds is 6. The van der Waals surface area contributed by atoms with Crippen molar-refractivity contribution in [2.45, 2.75) is 25.2 Å². The van der Waals surface area contributed by atoms with Crippen LogP contribution in [0.3, 0.4) is 0 Å². The van der Waals surface area contributed by atoms with Gasteiger partial charge in [0.15, 0.2) is 6.10 Å². The zero-order valence-corrected chi connectivity index (χ0v) is 8.61. The van der Waals surface area contributed by atoms with Gasteiger partial charge in [0.25, 0.3) is 0 Å². The van der Waals surface area contributed by atoms with Gasteiger partial charge in [0.05, 0.1) is 0 Å². The summed E-state index contributed by atoms with van der Waals surface area (Å²) < 4.78 is 37.3. The van der Waals surface area contributed by atoms with Gasteiger partial charge in [-0.3, -0.25) is 4.68 Å². The largest absolute Gasteiger partial charge is 0.415 e. The quantitative estimate of drug-likeness (QED) is 0.719. The smallest absolute Gasteiger partial charge is 0.382 e. The molecular weight excluding hydrogens is 223 g/mol. The summed E-state index contributed by atoms with van der Waals surface area (Å²) in [6.45, 7) is 0.581. The van der Waals surface area contributed by atoms with E-state index in [-0.39, 0.29) is 0 Å². The Morgan fingerprint density at radius 1 is 1.44 bits per heavy atom. The Hall–Kier alpha value is -1.08. The molecule has 1 unspecified atom stereocenters. The predicted molar refractivity (Wildman–Crippen MR) is 51.8 cm³/mol. The second-order valence-corrected chi connectivity index (χ2v) is 3.38. The van der Waals surface area contributed by atoms with Crippen LogP contribution in [-0.4, -0.2) is 40.3 Å². The van der Waals surface area contributed by atoms with Gasteiger partial charge in [-0.1, -0.05) is 0 Å². The van der Waals surface area contributed by atoms with Crippen molar-refractivity contribution in [3.8, 4) is 0 Å². The van der Waals surface area contributed by atoms with Crippen molar-refractivity contribution in [1.29, 1.82) is 0 Å². The molecule has 0 saturated heterocycles. The topological polar surface area (TPSA) is 50.1 Å². The van der Waals surface area contributed by atoms with Crippen LogP contribution in [-0.2, 0) is 6.54 Å². The number of aromatic nitrogens is 2. The van der Waals surface area contributed by atoms with E-state index in [4.69, 9.17) is 5.11 Å². The van der Waals surface area contributed by atoms with Crippen molar-refractivity contribution in [1.82, 2.24) is 15.1 Å². The number of alkyl halides is 3. The van der Waals surface area contributed by atoms with Crippen LogP contribution in [0.25, 0.3) is 0 Å². The number of aryl methyl sites for hydroxylation is 1. The molecule has 1 atom stereocenters. The molecule has 4 nitrogen and oxygen atoms in total. The van der Waals surface area contributed by atoms with Crippen LogP contribution in [0.1, 0.15) is 6.42 Å². The molecule has 7 heteroatoms. The highest BCUT2D eigenvalue weighted by Gasteiger charge is 2.37. The van der Waals surface area contributed by atoms with E-state index in [2.05, 4.69) is 10.4 Å². The summed E-state index contributed by atoms with van der Waals surface area (Å²) in [5.41, 5.74) is 0. The molecule has 1 aromatic rings. The molecule has 16 heavy (non-hydrogen) atoms. The lowest BCUT2D eigenvalue weighted by Gasteiger charge is -2.14. The fourth-order valence-corrected chi connectivity index (χ4v) is 1.15. The lowest BCUT2D eigenvalue weighted by atomic mass is 10.3. The minimum atomic E-state index is -4.55. The molecule has 0 aliphatic carbocycles. The van der Waals surface area contributed by atoms with Gasteiger partial charge in [0.1, 0.15) is 0 Å². The number of nitrogens with zero attached hydrogens (tertiary/aromatic N) is 2. The number of aliphatic hydroxyl groups is 1. The van der Waals surface area contributed by atoms with Gasteiger partial charge in [-0.05, 0) is 19.0 Å². The highest BCUT2D eigenvalue weighted by atomic mass is 19.4. The zero-order chi connectivity index (χ0) is 12.0. The molecule has 1 rings (SSSR count). The zero-order valence-electron chi connectivity index (χ0n) is 8.61. The van der Waals surface area contributed by atoms with E-state index in [1.54, 1.807) is 23.1 Å². The predicted octanol–water partition coefficient (Wildman–Crippen LogP) is 0.786. The Kier molecular flexibility index (Phi) is 4.75. The van der Waals surface area contributed by atoms with Crippen molar-refractivity contribution in [3.05, 3.63) is 18.5 Å². The van der Waals surface area contributed by atoms with Crippen LogP contribution in [0.15, 0.2) is 18.5 Å². The summed E-state index contributed by atoms with van der Waals surface area (Å²) in [5, 5.41) is 15.2. The molecule has 0 aromatic carbocycles. The maximum atomic E-state index is 11.9. The van der Waals surface area contributed by atoms with Crippen LogP contribution in [0, 0.1) is 0 Å². The molecule has 1 heterocycles. The molecule has 2 N–H and O–H groups in total. The minimum Gasteiger partial charge on any atom is -0.382 e. The van der Waals surface area contributed by atoms with E-state index in [1.165, 1.54) is 0 Å². The average Bonchev–Trinajstić information content (AvgIpc) is 2.68. The van der Waals surface area contributed by atoms with E-state index < -0.39 is 18.8 Å². The van der Waals surface area contributed by atoms with Gasteiger partial charge in [0, 0.05) is 25.5 Å². The normalized spacial score (nSPS) is 14.0. The third-order valence-electron chi connectivity index (χ3n) is 2.02. The second kappa shape index (κ2) is 5.86. The summed E-state index contributed by atoms with van der Waals surface area (Å²) >= 11 is 0. The van der Waals surface area contributed by atoms with E-state index in [9.17, 15) is 13.2 Å². The highest BCUT2D eigenvalue weighted by Crippen LogP contribution is 2.18. The van der Waals surface area contributed by atoms with Gasteiger partial charge in [-0.2, -0.15) is 18.3 Å². The highest BCUT2D eigenvalue weighted by molar-refractivity contribution is 4.77. The van der Waals surface area contributed by atoms with Crippen LogP contribution in [0.5, 0.6) is 0 Å². The van der Waals surface area contributed by atoms with Crippen LogP contribution in [0.2, 0.25) is 0 Å².